The van der Waals surface area contributed by atoms with Crippen LogP contribution < -0.4 is 0 Å². The summed E-state index contributed by atoms with van der Waals surface area (Å²) in [6, 6.07) is 0. The molecule has 0 bridgehead atoms. The van der Waals surface area contributed by atoms with Gasteiger partial charge < -0.3 is 4.74 Å². The second-order valence-corrected chi connectivity index (χ2v) is 3.85. The monoisotopic (exact) mass is 198 g/mol. The van der Waals surface area contributed by atoms with Crippen molar-refractivity contribution in [3.8, 4) is 0 Å². The van der Waals surface area contributed by atoms with Crippen LogP contribution in [-0.2, 0) is 4.74 Å². The van der Waals surface area contributed by atoms with E-state index >= 15 is 0 Å². The van der Waals surface area contributed by atoms with E-state index in [2.05, 4.69) is 0 Å². The first-order valence-corrected chi connectivity index (χ1v) is 4.50. The van der Waals surface area contributed by atoms with Crippen LogP contribution in [0.5, 0.6) is 0 Å². The maximum absolute atomic E-state index is 12.5. The predicted molar refractivity (Wildman–Crippen MR) is 43.8 cm³/mol. The normalized spacial score (nSPS) is 25.0. The average molecular weight is 199 g/mol. The Hall–Kier alpha value is 0.110. The van der Waals surface area contributed by atoms with Gasteiger partial charge in [0.05, 0.1) is 0 Å². The van der Waals surface area contributed by atoms with Crippen LogP contribution in [0.3, 0.4) is 0 Å². The van der Waals surface area contributed by atoms with E-state index < -0.39 is 5.92 Å². The molecule has 0 heterocycles. The Labute approximate surface area is 76.0 Å². The van der Waals surface area contributed by atoms with E-state index in [9.17, 15) is 8.78 Å². The van der Waals surface area contributed by atoms with E-state index in [1.54, 1.807) is 7.11 Å². The lowest BCUT2D eigenvalue weighted by Gasteiger charge is -2.46. The lowest BCUT2D eigenvalue weighted by atomic mass is 9.65. The molecule has 12 heavy (non-hydrogen) atoms. The van der Waals surface area contributed by atoms with Crippen molar-refractivity contribution >= 4 is 11.6 Å². The van der Waals surface area contributed by atoms with Crippen LogP contribution in [0.15, 0.2) is 0 Å². The molecule has 4 heteroatoms. The Kier molecular flexibility index (Phi) is 2.94. The minimum Gasteiger partial charge on any atom is -0.385 e. The predicted octanol–water partition coefficient (Wildman–Crippen LogP) is 2.68. The van der Waals surface area contributed by atoms with Crippen molar-refractivity contribution in [3.05, 3.63) is 0 Å². The molecule has 72 valence electrons. The molecule has 1 rings (SSSR count). The van der Waals surface area contributed by atoms with Crippen LogP contribution in [0, 0.1) is 5.41 Å². The molecule has 0 radical (unpaired) electrons. The topological polar surface area (TPSA) is 9.23 Å². The fraction of sp³-hybridized carbons (Fsp3) is 1.00. The molecule has 0 unspecified atom stereocenters. The highest BCUT2D eigenvalue weighted by molar-refractivity contribution is 6.18. The Morgan fingerprint density at radius 1 is 1.42 bits per heavy atom. The maximum atomic E-state index is 12.5. The van der Waals surface area contributed by atoms with Gasteiger partial charge in [0.2, 0.25) is 5.92 Å². The second kappa shape index (κ2) is 3.46. The Bertz CT molecular complexity index is 153. The van der Waals surface area contributed by atoms with Gasteiger partial charge in [-0.3, -0.25) is 0 Å². The van der Waals surface area contributed by atoms with E-state index in [4.69, 9.17) is 16.3 Å². The van der Waals surface area contributed by atoms with Crippen LogP contribution in [-0.4, -0.2) is 25.5 Å². The molecule has 1 nitrogen and oxygen atoms in total. The fourth-order valence-electron chi connectivity index (χ4n) is 1.70. The van der Waals surface area contributed by atoms with Gasteiger partial charge in [-0.05, 0) is 11.8 Å². The van der Waals surface area contributed by atoms with Crippen molar-refractivity contribution in [1.82, 2.24) is 0 Å². The summed E-state index contributed by atoms with van der Waals surface area (Å²) in [5.74, 6) is -2.17. The molecule has 0 aliphatic heterocycles. The Morgan fingerprint density at radius 2 is 2.00 bits per heavy atom. The first kappa shape index (κ1) is 10.2. The third-order valence-electron chi connectivity index (χ3n) is 2.39. The van der Waals surface area contributed by atoms with Gasteiger partial charge in [-0.1, -0.05) is 0 Å². The van der Waals surface area contributed by atoms with Gasteiger partial charge in [-0.2, -0.15) is 0 Å². The van der Waals surface area contributed by atoms with Crippen molar-refractivity contribution in [3.63, 3.8) is 0 Å². The molecular weight excluding hydrogens is 186 g/mol. The minimum atomic E-state index is -2.48. The van der Waals surface area contributed by atoms with E-state index in [0.717, 1.165) is 0 Å². The number of hydrogen-bond donors (Lipinski definition) is 0. The fourth-order valence-corrected chi connectivity index (χ4v) is 2.02. The van der Waals surface area contributed by atoms with Gasteiger partial charge in [0, 0.05) is 32.4 Å². The molecule has 0 saturated heterocycles. The lowest BCUT2D eigenvalue weighted by Crippen LogP contribution is -2.47. The summed E-state index contributed by atoms with van der Waals surface area (Å²) in [6.45, 7) is 0.517. The smallest absolute Gasteiger partial charge is 0.249 e. The van der Waals surface area contributed by atoms with Crippen molar-refractivity contribution in [2.75, 3.05) is 19.6 Å². The molecule has 1 aliphatic carbocycles. The number of rotatable bonds is 4. The number of ether oxygens (including phenoxy) is 1. The highest BCUT2D eigenvalue weighted by Crippen LogP contribution is 2.54. The summed E-state index contributed by atoms with van der Waals surface area (Å²) in [5.41, 5.74) is -0.360. The van der Waals surface area contributed by atoms with Crippen LogP contribution in [0.2, 0.25) is 0 Å². The van der Waals surface area contributed by atoms with E-state index in [-0.39, 0.29) is 18.3 Å². The quantitative estimate of drug-likeness (QED) is 0.632. The molecule has 0 aromatic carbocycles. The SMILES string of the molecule is COCCC1(CCl)CC(F)(F)C1. The van der Waals surface area contributed by atoms with Crippen LogP contribution >= 0.6 is 11.6 Å². The highest BCUT2D eigenvalue weighted by Gasteiger charge is 2.55. The molecule has 0 spiro atoms. The molecule has 0 amide bonds. The van der Waals surface area contributed by atoms with Crippen LogP contribution in [0.4, 0.5) is 8.78 Å². The van der Waals surface area contributed by atoms with Gasteiger partial charge >= 0.3 is 0 Å². The second-order valence-electron chi connectivity index (χ2n) is 3.59. The molecule has 1 fully saturated rings. The van der Waals surface area contributed by atoms with Gasteiger partial charge in [0.25, 0.3) is 0 Å². The Morgan fingerprint density at radius 3 is 2.33 bits per heavy atom. The number of hydrogen-bond acceptors (Lipinski definition) is 1. The van der Waals surface area contributed by atoms with E-state index in [1.165, 1.54) is 0 Å². The van der Waals surface area contributed by atoms with Crippen molar-refractivity contribution in [2.24, 2.45) is 5.41 Å². The molecule has 0 atom stereocenters. The van der Waals surface area contributed by atoms with E-state index in [0.29, 0.717) is 18.9 Å². The summed E-state index contributed by atoms with van der Waals surface area (Å²) in [4.78, 5) is 0. The zero-order valence-electron chi connectivity index (χ0n) is 7.08. The summed E-state index contributed by atoms with van der Waals surface area (Å²) in [7, 11) is 1.57. The van der Waals surface area contributed by atoms with Crippen molar-refractivity contribution in [2.45, 2.75) is 25.2 Å². The summed E-state index contributed by atoms with van der Waals surface area (Å²) in [5, 5.41) is 0. The molecule has 0 aromatic heterocycles. The molecule has 0 N–H and O–H groups in total. The maximum Gasteiger partial charge on any atom is 0.249 e. The van der Waals surface area contributed by atoms with Gasteiger partial charge in [-0.15, -0.1) is 11.6 Å². The lowest BCUT2D eigenvalue weighted by molar-refractivity contribution is -0.158. The standard InChI is InChI=1S/C8H13ClF2O/c1-12-3-2-7(6-9)4-8(10,11)5-7/h2-6H2,1H3. The first-order chi connectivity index (χ1) is 5.54. The first-order valence-electron chi connectivity index (χ1n) is 3.96. The van der Waals surface area contributed by atoms with E-state index in [1.807, 2.05) is 0 Å². The molecule has 1 saturated carbocycles. The van der Waals surface area contributed by atoms with Crippen LogP contribution in [0.25, 0.3) is 0 Å². The third-order valence-corrected chi connectivity index (χ3v) is 2.95. The Balaban J connectivity index is 2.36. The number of methoxy groups -OCH3 is 1. The molecule has 0 aromatic rings. The summed E-state index contributed by atoms with van der Waals surface area (Å²) in [6.07, 6.45) is 0.488. The zero-order chi connectivity index (χ0) is 9.24. The summed E-state index contributed by atoms with van der Waals surface area (Å²) < 4.78 is 29.9. The third kappa shape index (κ3) is 2.07. The van der Waals surface area contributed by atoms with Gasteiger partial charge in [0.1, 0.15) is 0 Å². The average Bonchev–Trinajstić information content (AvgIpc) is 1.96. The number of alkyl halides is 3. The minimum absolute atomic E-state index is 0.0765. The van der Waals surface area contributed by atoms with Gasteiger partial charge in [-0.25, -0.2) is 8.78 Å². The largest absolute Gasteiger partial charge is 0.385 e. The van der Waals surface area contributed by atoms with Crippen LogP contribution in [0.1, 0.15) is 19.3 Å². The highest BCUT2D eigenvalue weighted by atomic mass is 35.5. The molecule has 1 aliphatic rings. The van der Waals surface area contributed by atoms with Crippen molar-refractivity contribution in [1.29, 1.82) is 0 Å². The van der Waals surface area contributed by atoms with Crippen molar-refractivity contribution < 1.29 is 13.5 Å². The summed E-state index contributed by atoms with van der Waals surface area (Å²) >= 11 is 5.63. The molecular formula is C8H13ClF2O. The van der Waals surface area contributed by atoms with Gasteiger partial charge in [0.15, 0.2) is 0 Å². The zero-order valence-corrected chi connectivity index (χ0v) is 7.83. The number of halogens is 3.